The Kier molecular flexibility index (Phi) is 9.99. The Morgan fingerprint density at radius 1 is 1.08 bits per heavy atom. The van der Waals surface area contributed by atoms with Gasteiger partial charge in [0.05, 0.1) is 34.2 Å². The van der Waals surface area contributed by atoms with Crippen LogP contribution in [-0.4, -0.2) is 76.8 Å². The van der Waals surface area contributed by atoms with E-state index in [1.54, 1.807) is 0 Å². The summed E-state index contributed by atoms with van der Waals surface area (Å²) in [4.78, 5) is 13.9. The van der Waals surface area contributed by atoms with Gasteiger partial charge in [0.15, 0.2) is 0 Å². The van der Waals surface area contributed by atoms with Crippen molar-refractivity contribution >= 4 is 16.0 Å². The Bertz CT molecular complexity index is 934. The van der Waals surface area contributed by atoms with Gasteiger partial charge in [0, 0.05) is 20.0 Å². The number of nitrogens with zero attached hydrogens (tertiary/aromatic N) is 1. The van der Waals surface area contributed by atoms with Crippen LogP contribution in [0.25, 0.3) is 0 Å². The molecule has 4 aliphatic carbocycles. The van der Waals surface area contributed by atoms with E-state index in [2.05, 4.69) is 20.8 Å². The Hall–Kier alpha value is 0.260. The number of hydrogen-bond donors (Lipinski definition) is 3. The fourth-order valence-electron chi connectivity index (χ4n) is 9.25. The molecule has 0 aromatic rings. The van der Waals surface area contributed by atoms with Crippen molar-refractivity contribution in [1.29, 1.82) is 0 Å². The number of rotatable bonds is 7. The molecular formula is C27H46NNaO7S. The second-order valence-corrected chi connectivity index (χ2v) is 14.6. The maximum atomic E-state index is 12.6. The molecule has 4 rings (SSSR count). The second-order valence-electron chi connectivity index (χ2n) is 13.1. The Morgan fingerprint density at radius 3 is 2.41 bits per heavy atom. The quantitative estimate of drug-likeness (QED) is 0.283. The first-order chi connectivity index (χ1) is 16.7. The molecule has 0 aliphatic heterocycles. The number of amides is 1. The van der Waals surface area contributed by atoms with Gasteiger partial charge in [-0.1, -0.05) is 20.8 Å². The minimum Gasteiger partial charge on any atom is -0.748 e. The zero-order chi connectivity index (χ0) is 26.6. The SMILES string of the molecule is C[C@H](CCC(=O)N(C)CCS(=O)(=O)[O-])[C@H]1CCC2C3C(C[C@H](O)[C@@]21C)[C@@]1(C)CC[C@@H](O)CC1C[C@H]3O.[Na+]. The van der Waals surface area contributed by atoms with Crippen molar-refractivity contribution in [1.82, 2.24) is 4.90 Å². The summed E-state index contributed by atoms with van der Waals surface area (Å²) in [6, 6.07) is 0. The predicted molar refractivity (Wildman–Crippen MR) is 135 cm³/mol. The summed E-state index contributed by atoms with van der Waals surface area (Å²) in [7, 11) is -2.83. The van der Waals surface area contributed by atoms with Gasteiger partial charge in [-0.05, 0) is 97.7 Å². The maximum Gasteiger partial charge on any atom is 1.00 e. The fourth-order valence-corrected chi connectivity index (χ4v) is 9.75. The van der Waals surface area contributed by atoms with Gasteiger partial charge in [-0.3, -0.25) is 4.79 Å². The van der Waals surface area contributed by atoms with Crippen molar-refractivity contribution in [3.63, 3.8) is 0 Å². The Balaban J connectivity index is 0.00000380. The molecule has 0 saturated heterocycles. The molecule has 8 nitrogen and oxygen atoms in total. The molecule has 4 unspecified atom stereocenters. The van der Waals surface area contributed by atoms with Crippen LogP contribution in [0.2, 0.25) is 0 Å². The topological polar surface area (TPSA) is 138 Å². The van der Waals surface area contributed by atoms with E-state index in [1.165, 1.54) is 11.9 Å². The van der Waals surface area contributed by atoms with E-state index in [0.29, 0.717) is 18.8 Å². The first-order valence-electron chi connectivity index (χ1n) is 13.9. The zero-order valence-electron chi connectivity index (χ0n) is 23.3. The molecule has 0 spiro atoms. The molecule has 208 valence electrons. The average molecular weight is 552 g/mol. The van der Waals surface area contributed by atoms with E-state index in [9.17, 15) is 33.1 Å². The standard InChI is InChI=1S/C27H47NO7S.Na/c1-16(5-8-24(32)28(4)11-12-36(33,34)35)19-6-7-20-25-21(15-23(31)27(19,20)3)26(2)10-9-18(29)13-17(26)14-22(25)30;/h16-23,25,29-31H,5-15H2,1-4H3,(H,33,34,35);/q;+1/p-1/t16-,17?,18-,19-,20?,21?,22-,23+,25?,26+,27-;/m1./s1. The van der Waals surface area contributed by atoms with Crippen molar-refractivity contribution in [2.45, 2.75) is 96.9 Å². The Morgan fingerprint density at radius 2 is 1.76 bits per heavy atom. The molecule has 3 N–H and O–H groups in total. The van der Waals surface area contributed by atoms with Crippen LogP contribution in [0.15, 0.2) is 0 Å². The molecule has 0 radical (unpaired) electrons. The predicted octanol–water partition coefficient (Wildman–Crippen LogP) is -0.628. The van der Waals surface area contributed by atoms with Gasteiger partial charge in [-0.15, -0.1) is 0 Å². The minimum atomic E-state index is -4.36. The molecule has 0 aromatic heterocycles. The van der Waals surface area contributed by atoms with E-state index >= 15 is 0 Å². The van der Waals surface area contributed by atoms with Crippen molar-refractivity contribution in [3.8, 4) is 0 Å². The first kappa shape index (κ1) is 31.8. The summed E-state index contributed by atoms with van der Waals surface area (Å²) < 4.78 is 32.7. The molecule has 0 aromatic carbocycles. The van der Waals surface area contributed by atoms with E-state index in [-0.39, 0.29) is 95.0 Å². The van der Waals surface area contributed by atoms with Crippen LogP contribution >= 0.6 is 0 Å². The Labute approximate surface area is 245 Å². The van der Waals surface area contributed by atoms with Gasteiger partial charge in [-0.25, -0.2) is 8.42 Å². The molecule has 10 heteroatoms. The number of aliphatic hydroxyl groups is 3. The summed E-state index contributed by atoms with van der Waals surface area (Å²) in [5.74, 6) is 0.634. The molecule has 4 saturated carbocycles. The molecule has 4 fully saturated rings. The molecule has 37 heavy (non-hydrogen) atoms. The van der Waals surface area contributed by atoms with Crippen LogP contribution in [0.1, 0.15) is 78.6 Å². The summed E-state index contributed by atoms with van der Waals surface area (Å²) in [6.45, 7) is 6.58. The normalized spacial score (nSPS) is 44.1. The number of aliphatic hydroxyl groups excluding tert-OH is 3. The average Bonchev–Trinajstić information content (AvgIpc) is 3.15. The van der Waals surface area contributed by atoms with Gasteiger partial charge in [-0.2, -0.15) is 0 Å². The van der Waals surface area contributed by atoms with Gasteiger partial charge in [0.1, 0.15) is 0 Å². The van der Waals surface area contributed by atoms with Crippen molar-refractivity contribution in [2.75, 3.05) is 19.3 Å². The van der Waals surface area contributed by atoms with E-state index in [1.807, 2.05) is 0 Å². The maximum absolute atomic E-state index is 12.6. The fraction of sp³-hybridized carbons (Fsp3) is 0.963. The first-order valence-corrected chi connectivity index (χ1v) is 15.5. The van der Waals surface area contributed by atoms with Crippen LogP contribution in [0.5, 0.6) is 0 Å². The van der Waals surface area contributed by atoms with Gasteiger partial charge < -0.3 is 24.8 Å². The van der Waals surface area contributed by atoms with Crippen molar-refractivity contribution in [2.24, 2.45) is 46.3 Å². The largest absolute Gasteiger partial charge is 1.00 e. The van der Waals surface area contributed by atoms with Crippen LogP contribution in [-0.2, 0) is 14.9 Å². The monoisotopic (exact) mass is 551 g/mol. The number of carbonyl (C=O) groups excluding carboxylic acids is 1. The van der Waals surface area contributed by atoms with Crippen LogP contribution in [0, 0.1) is 46.3 Å². The van der Waals surface area contributed by atoms with E-state index in [0.717, 1.165) is 38.5 Å². The molecule has 1 amide bonds. The molecule has 0 bridgehead atoms. The van der Waals surface area contributed by atoms with Crippen LogP contribution < -0.4 is 29.6 Å². The summed E-state index contributed by atoms with van der Waals surface area (Å²) in [5.41, 5.74) is -0.270. The van der Waals surface area contributed by atoms with E-state index in [4.69, 9.17) is 0 Å². The van der Waals surface area contributed by atoms with Crippen molar-refractivity contribution < 1.29 is 62.6 Å². The van der Waals surface area contributed by atoms with Crippen LogP contribution in [0.3, 0.4) is 0 Å². The van der Waals surface area contributed by atoms with Gasteiger partial charge >= 0.3 is 29.6 Å². The molecule has 11 atom stereocenters. The summed E-state index contributed by atoms with van der Waals surface area (Å²) in [5, 5.41) is 33.3. The van der Waals surface area contributed by atoms with E-state index < -0.39 is 28.1 Å². The summed E-state index contributed by atoms with van der Waals surface area (Å²) >= 11 is 0. The molecule has 0 heterocycles. The number of fused-ring (bicyclic) bond motifs is 5. The number of hydrogen-bond acceptors (Lipinski definition) is 7. The van der Waals surface area contributed by atoms with Crippen LogP contribution in [0.4, 0.5) is 0 Å². The third-order valence-corrected chi connectivity index (χ3v) is 12.1. The molecule has 4 aliphatic rings. The summed E-state index contributed by atoms with van der Waals surface area (Å²) in [6.07, 6.45) is 5.62. The van der Waals surface area contributed by atoms with Gasteiger partial charge in [0.25, 0.3) is 0 Å². The number of carbonyl (C=O) groups is 1. The second kappa shape index (κ2) is 11.6. The zero-order valence-corrected chi connectivity index (χ0v) is 26.1. The molecular weight excluding hydrogens is 505 g/mol. The van der Waals surface area contributed by atoms with Crippen molar-refractivity contribution in [3.05, 3.63) is 0 Å². The third-order valence-electron chi connectivity index (χ3n) is 11.4. The third kappa shape index (κ3) is 5.99. The minimum absolute atomic E-state index is 0. The smallest absolute Gasteiger partial charge is 0.748 e. The van der Waals surface area contributed by atoms with Gasteiger partial charge in [0.2, 0.25) is 5.91 Å².